The summed E-state index contributed by atoms with van der Waals surface area (Å²) in [5, 5.41) is 2.80. The van der Waals surface area contributed by atoms with Crippen molar-refractivity contribution in [3.8, 4) is 0 Å². The van der Waals surface area contributed by atoms with Crippen LogP contribution in [0.5, 0.6) is 0 Å². The van der Waals surface area contributed by atoms with Crippen molar-refractivity contribution >= 4 is 22.0 Å². The van der Waals surface area contributed by atoms with E-state index < -0.39 is 11.7 Å². The fraction of sp³-hybridized carbons (Fsp3) is 0.538. The summed E-state index contributed by atoms with van der Waals surface area (Å²) in [6.07, 6.45) is -0.419. The van der Waals surface area contributed by atoms with E-state index in [0.717, 1.165) is 15.9 Å². The minimum absolute atomic E-state index is 0.138. The lowest BCUT2D eigenvalue weighted by Gasteiger charge is -2.22. The molecule has 1 rings (SSSR count). The van der Waals surface area contributed by atoms with Crippen molar-refractivity contribution in [1.29, 1.82) is 0 Å². The summed E-state index contributed by atoms with van der Waals surface area (Å²) in [5.74, 6) is 0. The highest BCUT2D eigenvalue weighted by atomic mass is 79.9. The van der Waals surface area contributed by atoms with Crippen LogP contribution in [0.3, 0.4) is 0 Å². The lowest BCUT2D eigenvalue weighted by molar-refractivity contribution is 0.0508. The van der Waals surface area contributed by atoms with Gasteiger partial charge < -0.3 is 10.1 Å². The number of nitrogens with zero attached hydrogens (tertiary/aromatic N) is 1. The number of aromatic nitrogens is 1. The zero-order valence-corrected chi connectivity index (χ0v) is 13.0. The molecule has 0 aliphatic rings. The largest absolute Gasteiger partial charge is 0.444 e. The number of hydrogen-bond acceptors (Lipinski definition) is 3. The molecule has 18 heavy (non-hydrogen) atoms. The molecule has 0 aliphatic carbocycles. The highest BCUT2D eigenvalue weighted by Crippen LogP contribution is 2.19. The maximum absolute atomic E-state index is 11.7. The lowest BCUT2D eigenvalue weighted by Crippen LogP contribution is -2.34. The van der Waals surface area contributed by atoms with Gasteiger partial charge >= 0.3 is 6.09 Å². The van der Waals surface area contributed by atoms with Crippen LogP contribution >= 0.6 is 15.9 Å². The molecule has 0 spiro atoms. The van der Waals surface area contributed by atoms with Gasteiger partial charge in [-0.3, -0.25) is 0 Å². The van der Waals surface area contributed by atoms with Crippen molar-refractivity contribution < 1.29 is 9.53 Å². The summed E-state index contributed by atoms with van der Waals surface area (Å²) in [7, 11) is 0. The number of carbonyl (C=O) groups is 1. The molecule has 1 aromatic heterocycles. The van der Waals surface area contributed by atoms with Crippen molar-refractivity contribution in [2.75, 3.05) is 0 Å². The second-order valence-corrected chi connectivity index (χ2v) is 5.99. The van der Waals surface area contributed by atoms with E-state index in [1.165, 1.54) is 0 Å². The average molecular weight is 315 g/mol. The van der Waals surface area contributed by atoms with Gasteiger partial charge in [0.2, 0.25) is 0 Å². The number of halogens is 1. The van der Waals surface area contributed by atoms with Gasteiger partial charge in [-0.25, -0.2) is 9.78 Å². The Labute approximate surface area is 116 Å². The smallest absolute Gasteiger partial charge is 0.408 e. The molecule has 0 bridgehead atoms. The molecule has 4 nitrogen and oxygen atoms in total. The second kappa shape index (κ2) is 5.69. The van der Waals surface area contributed by atoms with Crippen LogP contribution in [0.25, 0.3) is 0 Å². The van der Waals surface area contributed by atoms with Gasteiger partial charge in [-0.15, -0.1) is 0 Å². The molecule has 1 heterocycles. The number of aryl methyl sites for hydroxylation is 1. The van der Waals surface area contributed by atoms with E-state index in [-0.39, 0.29) is 6.04 Å². The Balaban J connectivity index is 2.71. The van der Waals surface area contributed by atoms with Crippen LogP contribution in [0.15, 0.2) is 16.7 Å². The number of rotatable bonds is 2. The number of carbonyl (C=O) groups excluding carboxylic acids is 1. The molecule has 0 unspecified atom stereocenters. The van der Waals surface area contributed by atoms with Crippen molar-refractivity contribution in [2.24, 2.45) is 0 Å². The minimum atomic E-state index is -0.489. The Hall–Kier alpha value is -1.10. The molecule has 0 aliphatic heterocycles. The number of alkyl carbamates (subject to hydrolysis) is 1. The van der Waals surface area contributed by atoms with E-state index in [4.69, 9.17) is 4.74 Å². The third-order valence-electron chi connectivity index (χ3n) is 2.29. The van der Waals surface area contributed by atoms with Crippen LogP contribution in [0.4, 0.5) is 4.79 Å². The monoisotopic (exact) mass is 314 g/mol. The summed E-state index contributed by atoms with van der Waals surface area (Å²) in [4.78, 5) is 16.0. The highest BCUT2D eigenvalue weighted by Gasteiger charge is 2.19. The first-order valence-corrected chi connectivity index (χ1v) is 6.61. The van der Waals surface area contributed by atoms with E-state index in [2.05, 4.69) is 26.2 Å². The molecular weight excluding hydrogens is 296 g/mol. The topological polar surface area (TPSA) is 51.2 Å². The third-order valence-corrected chi connectivity index (χ3v) is 2.73. The average Bonchev–Trinajstić information content (AvgIpc) is 2.13. The molecule has 1 N–H and O–H groups in total. The van der Waals surface area contributed by atoms with E-state index in [1.54, 1.807) is 0 Å². The van der Waals surface area contributed by atoms with Gasteiger partial charge in [-0.1, -0.05) is 6.07 Å². The normalized spacial score (nSPS) is 13.0. The van der Waals surface area contributed by atoms with Crippen LogP contribution in [0, 0.1) is 6.92 Å². The van der Waals surface area contributed by atoms with Gasteiger partial charge in [0.25, 0.3) is 0 Å². The molecule has 0 radical (unpaired) electrons. The SMILES string of the molecule is Cc1nc(Br)ccc1[C@H](C)NC(=O)OC(C)(C)C. The molecule has 100 valence electrons. The number of hydrogen-bond donors (Lipinski definition) is 1. The third kappa shape index (κ3) is 4.64. The Morgan fingerprint density at radius 2 is 2.06 bits per heavy atom. The zero-order chi connectivity index (χ0) is 13.9. The van der Waals surface area contributed by atoms with Crippen LogP contribution in [-0.2, 0) is 4.74 Å². The summed E-state index contributed by atoms with van der Waals surface area (Å²) in [6.45, 7) is 9.33. The summed E-state index contributed by atoms with van der Waals surface area (Å²) < 4.78 is 6.00. The maximum atomic E-state index is 11.7. The van der Waals surface area contributed by atoms with Crippen LogP contribution < -0.4 is 5.32 Å². The predicted octanol–water partition coefficient (Wildman–Crippen LogP) is 3.74. The van der Waals surface area contributed by atoms with Crippen LogP contribution in [0.2, 0.25) is 0 Å². The molecule has 1 amide bonds. The number of ether oxygens (including phenoxy) is 1. The Morgan fingerprint density at radius 3 is 2.56 bits per heavy atom. The van der Waals surface area contributed by atoms with Crippen LogP contribution in [-0.4, -0.2) is 16.7 Å². The first-order valence-electron chi connectivity index (χ1n) is 5.81. The second-order valence-electron chi connectivity index (χ2n) is 5.18. The number of amides is 1. The van der Waals surface area contributed by atoms with E-state index in [1.807, 2.05) is 46.8 Å². The summed E-state index contributed by atoms with van der Waals surface area (Å²) in [6, 6.07) is 3.66. The Kier molecular flexibility index (Phi) is 4.73. The fourth-order valence-corrected chi connectivity index (χ4v) is 1.96. The van der Waals surface area contributed by atoms with E-state index in [9.17, 15) is 4.79 Å². The summed E-state index contributed by atoms with van der Waals surface area (Å²) >= 11 is 3.31. The van der Waals surface area contributed by atoms with Gasteiger partial charge in [0.05, 0.1) is 6.04 Å². The van der Waals surface area contributed by atoms with Gasteiger partial charge in [-0.2, -0.15) is 0 Å². The van der Waals surface area contributed by atoms with Crippen molar-refractivity contribution in [3.05, 3.63) is 28.0 Å². The molecule has 1 atom stereocenters. The molecule has 0 aromatic carbocycles. The number of pyridine rings is 1. The fourth-order valence-electron chi connectivity index (χ4n) is 1.56. The van der Waals surface area contributed by atoms with Gasteiger partial charge in [0.15, 0.2) is 0 Å². The number of nitrogens with one attached hydrogen (secondary N) is 1. The van der Waals surface area contributed by atoms with Crippen molar-refractivity contribution in [3.63, 3.8) is 0 Å². The minimum Gasteiger partial charge on any atom is -0.444 e. The summed E-state index contributed by atoms with van der Waals surface area (Å²) in [5.41, 5.74) is 1.37. The molecule has 0 fully saturated rings. The van der Waals surface area contributed by atoms with Crippen molar-refractivity contribution in [1.82, 2.24) is 10.3 Å². The lowest BCUT2D eigenvalue weighted by atomic mass is 10.1. The Morgan fingerprint density at radius 1 is 1.44 bits per heavy atom. The maximum Gasteiger partial charge on any atom is 0.408 e. The molecular formula is C13H19BrN2O2. The van der Waals surface area contributed by atoms with Crippen LogP contribution in [0.1, 0.15) is 45.0 Å². The van der Waals surface area contributed by atoms with Gasteiger partial charge in [-0.05, 0) is 62.2 Å². The zero-order valence-electron chi connectivity index (χ0n) is 11.4. The molecule has 0 saturated carbocycles. The quantitative estimate of drug-likeness (QED) is 0.846. The van der Waals surface area contributed by atoms with Gasteiger partial charge in [0.1, 0.15) is 10.2 Å². The van der Waals surface area contributed by atoms with Crippen molar-refractivity contribution in [2.45, 2.75) is 46.3 Å². The Bertz CT molecular complexity index is 441. The first-order chi connectivity index (χ1) is 8.19. The van der Waals surface area contributed by atoms with E-state index in [0.29, 0.717) is 0 Å². The molecule has 0 saturated heterocycles. The highest BCUT2D eigenvalue weighted by molar-refractivity contribution is 9.10. The van der Waals surface area contributed by atoms with E-state index >= 15 is 0 Å². The van der Waals surface area contributed by atoms with Gasteiger partial charge in [0, 0.05) is 5.69 Å². The molecule has 1 aromatic rings. The predicted molar refractivity (Wildman–Crippen MR) is 74.5 cm³/mol. The molecule has 5 heteroatoms. The first kappa shape index (κ1) is 15.0. The standard InChI is InChI=1S/C13H19BrN2O2/c1-8-10(6-7-11(14)15-8)9(2)16-12(17)18-13(3,4)5/h6-7,9H,1-5H3,(H,16,17)/t9-/m0/s1.